The van der Waals surface area contributed by atoms with Crippen LogP contribution in [0.4, 0.5) is 11.6 Å². The molecule has 0 radical (unpaired) electrons. The van der Waals surface area contributed by atoms with Crippen LogP contribution in [0.15, 0.2) is 53.7 Å². The summed E-state index contributed by atoms with van der Waals surface area (Å²) in [6.07, 6.45) is 2.26. The first-order valence-electron chi connectivity index (χ1n) is 11.5. The van der Waals surface area contributed by atoms with Gasteiger partial charge in [-0.3, -0.25) is 9.36 Å². The van der Waals surface area contributed by atoms with Crippen molar-refractivity contribution in [2.75, 3.05) is 54.8 Å². The van der Waals surface area contributed by atoms with Gasteiger partial charge in [-0.05, 0) is 49.2 Å². The van der Waals surface area contributed by atoms with Gasteiger partial charge in [-0.2, -0.15) is 0 Å². The van der Waals surface area contributed by atoms with E-state index in [-0.39, 0.29) is 11.7 Å². The van der Waals surface area contributed by atoms with Crippen LogP contribution < -0.4 is 9.80 Å². The molecule has 0 spiro atoms. The number of benzene rings is 2. The lowest BCUT2D eigenvalue weighted by atomic mass is 10.2. The Bertz CT molecular complexity index is 1140. The fourth-order valence-electron chi connectivity index (χ4n) is 4.42. The van der Waals surface area contributed by atoms with Crippen LogP contribution in [0.3, 0.4) is 0 Å². The monoisotopic (exact) mass is 498 g/mol. The number of halogens is 1. The van der Waals surface area contributed by atoms with E-state index in [0.717, 1.165) is 56.3 Å². The molecule has 178 valence electrons. The molecule has 3 aromatic rings. The minimum Gasteiger partial charge on any atom is -0.508 e. The second kappa shape index (κ2) is 10.1. The molecule has 1 N–H and O–H groups in total. The molecule has 34 heavy (non-hydrogen) atoms. The van der Waals surface area contributed by atoms with Gasteiger partial charge in [0.15, 0.2) is 5.16 Å². The Kier molecular flexibility index (Phi) is 6.82. The minimum absolute atomic E-state index is 0.0896. The van der Waals surface area contributed by atoms with Crippen LogP contribution in [0.2, 0.25) is 5.02 Å². The van der Waals surface area contributed by atoms with Gasteiger partial charge in [-0.1, -0.05) is 35.5 Å². The standard InChI is InChI=1S/C24H27ClN6O2S/c25-20-5-1-2-6-21(20)31-23(30-11-3-4-12-30)26-27-24(31)34-17-22(33)29-15-13-28(14-16-29)18-7-9-19(32)10-8-18/h1-2,5-10,32H,3-4,11-17H2. The number of carbonyl (C=O) groups is 1. The number of phenolic OH excluding ortho intramolecular Hbond substituents is 1. The molecule has 0 saturated carbocycles. The van der Waals surface area contributed by atoms with Gasteiger partial charge in [0.1, 0.15) is 5.75 Å². The third kappa shape index (κ3) is 4.81. The minimum atomic E-state index is 0.0896. The zero-order chi connectivity index (χ0) is 23.5. The molecule has 2 aliphatic rings. The number of aromatic nitrogens is 3. The van der Waals surface area contributed by atoms with Crippen molar-refractivity contribution in [2.45, 2.75) is 18.0 Å². The van der Waals surface area contributed by atoms with E-state index in [2.05, 4.69) is 20.0 Å². The molecule has 2 fully saturated rings. The summed E-state index contributed by atoms with van der Waals surface area (Å²) in [6, 6.07) is 14.9. The molecule has 3 heterocycles. The van der Waals surface area contributed by atoms with Crippen molar-refractivity contribution < 1.29 is 9.90 Å². The highest BCUT2D eigenvalue weighted by atomic mass is 35.5. The molecular weight excluding hydrogens is 472 g/mol. The Balaban J connectivity index is 1.26. The second-order valence-corrected chi connectivity index (χ2v) is 9.79. The van der Waals surface area contributed by atoms with Crippen LogP contribution in [0.25, 0.3) is 5.69 Å². The first-order chi connectivity index (χ1) is 16.6. The summed E-state index contributed by atoms with van der Waals surface area (Å²) in [6.45, 7) is 4.73. The molecule has 10 heteroatoms. The van der Waals surface area contributed by atoms with Crippen molar-refractivity contribution in [3.63, 3.8) is 0 Å². The number of hydrogen-bond acceptors (Lipinski definition) is 7. The van der Waals surface area contributed by atoms with Crippen LogP contribution in [0, 0.1) is 0 Å². The van der Waals surface area contributed by atoms with Crippen LogP contribution in [0.1, 0.15) is 12.8 Å². The fourth-order valence-corrected chi connectivity index (χ4v) is 5.48. The highest BCUT2D eigenvalue weighted by molar-refractivity contribution is 7.99. The van der Waals surface area contributed by atoms with Gasteiger partial charge in [-0.25, -0.2) is 0 Å². The van der Waals surface area contributed by atoms with Crippen LogP contribution in [0.5, 0.6) is 5.75 Å². The summed E-state index contributed by atoms with van der Waals surface area (Å²) in [5.41, 5.74) is 1.88. The number of para-hydroxylation sites is 1. The molecule has 0 bridgehead atoms. The van der Waals surface area contributed by atoms with Crippen molar-refractivity contribution in [3.05, 3.63) is 53.6 Å². The van der Waals surface area contributed by atoms with Gasteiger partial charge in [0, 0.05) is 45.0 Å². The molecular formula is C24H27ClN6O2S. The Labute approximate surface area is 208 Å². The number of phenols is 1. The molecule has 1 amide bonds. The molecule has 2 saturated heterocycles. The van der Waals surface area contributed by atoms with Gasteiger partial charge < -0.3 is 19.8 Å². The summed E-state index contributed by atoms with van der Waals surface area (Å²) in [4.78, 5) is 19.4. The second-order valence-electron chi connectivity index (χ2n) is 8.44. The first kappa shape index (κ1) is 22.9. The highest BCUT2D eigenvalue weighted by Gasteiger charge is 2.26. The van der Waals surface area contributed by atoms with Gasteiger partial charge in [0.2, 0.25) is 11.9 Å². The maximum absolute atomic E-state index is 13.0. The van der Waals surface area contributed by atoms with E-state index in [1.165, 1.54) is 11.8 Å². The Hall–Kier alpha value is -2.91. The SMILES string of the molecule is O=C(CSc1nnc(N2CCCC2)n1-c1ccccc1Cl)N1CCN(c2ccc(O)cc2)CC1. The first-order valence-corrected chi connectivity index (χ1v) is 12.9. The normalized spacial score (nSPS) is 16.3. The molecule has 2 aliphatic heterocycles. The molecule has 0 aliphatic carbocycles. The van der Waals surface area contributed by atoms with Gasteiger partial charge >= 0.3 is 0 Å². The quantitative estimate of drug-likeness (QED) is 0.519. The van der Waals surface area contributed by atoms with Crippen LogP contribution in [-0.4, -0.2) is 75.7 Å². The maximum Gasteiger partial charge on any atom is 0.233 e. The van der Waals surface area contributed by atoms with Gasteiger partial charge in [0.05, 0.1) is 16.5 Å². The summed E-state index contributed by atoms with van der Waals surface area (Å²) >= 11 is 7.93. The summed E-state index contributed by atoms with van der Waals surface area (Å²) in [5, 5.41) is 19.7. The average molecular weight is 499 g/mol. The van der Waals surface area contributed by atoms with E-state index in [4.69, 9.17) is 11.6 Å². The lowest BCUT2D eigenvalue weighted by molar-refractivity contribution is -0.128. The Morgan fingerprint density at radius 1 is 0.912 bits per heavy atom. The van der Waals surface area contributed by atoms with E-state index in [9.17, 15) is 9.90 Å². The number of amides is 1. The van der Waals surface area contributed by atoms with Crippen molar-refractivity contribution in [1.82, 2.24) is 19.7 Å². The number of aromatic hydroxyl groups is 1. The summed E-state index contributed by atoms with van der Waals surface area (Å²) in [7, 11) is 0. The topological polar surface area (TPSA) is 77.7 Å². The van der Waals surface area contributed by atoms with Crippen molar-refractivity contribution in [2.24, 2.45) is 0 Å². The zero-order valence-electron chi connectivity index (χ0n) is 18.8. The largest absolute Gasteiger partial charge is 0.508 e. The van der Waals surface area contributed by atoms with Crippen molar-refractivity contribution in [3.8, 4) is 11.4 Å². The number of hydrogen-bond donors (Lipinski definition) is 1. The molecule has 0 atom stereocenters. The third-order valence-corrected chi connectivity index (χ3v) is 7.50. The van der Waals surface area contributed by atoms with E-state index < -0.39 is 0 Å². The summed E-state index contributed by atoms with van der Waals surface area (Å²) in [5.74, 6) is 1.42. The molecule has 2 aromatic carbocycles. The van der Waals surface area contributed by atoms with E-state index >= 15 is 0 Å². The Morgan fingerprint density at radius 3 is 2.32 bits per heavy atom. The number of carbonyl (C=O) groups excluding carboxylic acids is 1. The summed E-state index contributed by atoms with van der Waals surface area (Å²) < 4.78 is 1.98. The molecule has 0 unspecified atom stereocenters. The van der Waals surface area contributed by atoms with E-state index in [1.807, 2.05) is 45.9 Å². The van der Waals surface area contributed by atoms with Crippen LogP contribution >= 0.6 is 23.4 Å². The molecule has 8 nitrogen and oxygen atoms in total. The molecule has 5 rings (SSSR count). The van der Waals surface area contributed by atoms with Crippen molar-refractivity contribution in [1.29, 1.82) is 0 Å². The number of piperazine rings is 1. The maximum atomic E-state index is 13.0. The van der Waals surface area contributed by atoms with Gasteiger partial charge in [-0.15, -0.1) is 10.2 Å². The van der Waals surface area contributed by atoms with Crippen molar-refractivity contribution >= 4 is 40.9 Å². The van der Waals surface area contributed by atoms with Crippen LogP contribution in [-0.2, 0) is 4.79 Å². The lowest BCUT2D eigenvalue weighted by Gasteiger charge is -2.36. The predicted molar refractivity (Wildman–Crippen MR) is 135 cm³/mol. The number of thioether (sulfide) groups is 1. The van der Waals surface area contributed by atoms with E-state index in [0.29, 0.717) is 29.0 Å². The molecule has 1 aromatic heterocycles. The zero-order valence-corrected chi connectivity index (χ0v) is 20.4. The Morgan fingerprint density at radius 2 is 1.62 bits per heavy atom. The van der Waals surface area contributed by atoms with E-state index in [1.54, 1.807) is 12.1 Å². The van der Waals surface area contributed by atoms with Gasteiger partial charge in [0.25, 0.3) is 0 Å². The lowest BCUT2D eigenvalue weighted by Crippen LogP contribution is -2.49. The fraction of sp³-hybridized carbons (Fsp3) is 0.375. The smallest absolute Gasteiger partial charge is 0.233 e. The predicted octanol–water partition coefficient (Wildman–Crippen LogP) is 3.67. The average Bonchev–Trinajstić information content (AvgIpc) is 3.53. The number of rotatable bonds is 6. The third-order valence-electron chi connectivity index (χ3n) is 6.27. The highest BCUT2D eigenvalue weighted by Crippen LogP contribution is 2.32. The number of anilines is 2. The number of nitrogens with zero attached hydrogens (tertiary/aromatic N) is 6.